The van der Waals surface area contributed by atoms with Gasteiger partial charge < -0.3 is 0 Å². The molecule has 2 aliphatic carbocycles. The number of allylic oxidation sites excluding steroid dienone is 1. The molecular weight excluding hydrogens is 631 g/mol. The number of fused-ring (bicyclic) bond motifs is 11. The normalized spacial score (nSPS) is 17.3. The van der Waals surface area contributed by atoms with Gasteiger partial charge >= 0.3 is 0 Å². The molecule has 0 aliphatic heterocycles. The topological polar surface area (TPSA) is 30.7 Å². The van der Waals surface area contributed by atoms with Crippen LogP contribution in [-0.4, -0.2) is 14.5 Å². The van der Waals surface area contributed by atoms with Crippen molar-refractivity contribution in [3.63, 3.8) is 0 Å². The highest BCUT2D eigenvalue weighted by molar-refractivity contribution is 6.21. The van der Waals surface area contributed by atoms with Gasteiger partial charge in [-0.1, -0.05) is 159 Å². The van der Waals surface area contributed by atoms with Crippen LogP contribution in [0.25, 0.3) is 66.3 Å². The van der Waals surface area contributed by atoms with Crippen molar-refractivity contribution in [1.82, 2.24) is 14.5 Å². The Hall–Kier alpha value is -6.32. The highest BCUT2D eigenvalue weighted by atomic mass is 15.2. The summed E-state index contributed by atoms with van der Waals surface area (Å²) in [6, 6.07) is 57.2. The van der Waals surface area contributed by atoms with E-state index in [0.29, 0.717) is 17.8 Å². The second kappa shape index (κ2) is 10.8. The number of rotatable bonds is 3. The van der Waals surface area contributed by atoms with Crippen molar-refractivity contribution >= 4 is 49.1 Å². The van der Waals surface area contributed by atoms with E-state index in [1.807, 2.05) is 0 Å². The molecule has 2 heterocycles. The van der Waals surface area contributed by atoms with E-state index in [-0.39, 0.29) is 5.41 Å². The highest BCUT2D eigenvalue weighted by Gasteiger charge is 2.48. The van der Waals surface area contributed by atoms with E-state index in [0.717, 1.165) is 33.2 Å². The second-order valence-electron chi connectivity index (χ2n) is 15.0. The number of hydrogen-bond donors (Lipinski definition) is 0. The van der Waals surface area contributed by atoms with Gasteiger partial charge in [0.2, 0.25) is 5.95 Å². The molecule has 0 radical (unpaired) electrons. The molecule has 0 fully saturated rings. The monoisotopic (exact) mass is 665 g/mol. The van der Waals surface area contributed by atoms with Crippen molar-refractivity contribution in [3.05, 3.63) is 192 Å². The summed E-state index contributed by atoms with van der Waals surface area (Å²) in [5.74, 6) is 1.36. The summed E-state index contributed by atoms with van der Waals surface area (Å²) < 4.78 is 2.30. The quantitative estimate of drug-likeness (QED) is 0.188. The Morgan fingerprint density at radius 3 is 2.17 bits per heavy atom. The third-order valence-corrected chi connectivity index (χ3v) is 11.9. The first-order valence-electron chi connectivity index (χ1n) is 18.3. The summed E-state index contributed by atoms with van der Waals surface area (Å²) >= 11 is 0. The SMILES string of the molecule is CC1(C)c2ccccc2C2c3ccccc3C(c3ccc4c5c6ccccc6ccc5n(-c5nc(-c6ccccc6)c6ccccc6n5)c4c3)=CC21. The fourth-order valence-corrected chi connectivity index (χ4v) is 9.50. The molecule has 246 valence electrons. The first-order chi connectivity index (χ1) is 25.6. The number of benzene rings is 7. The minimum absolute atomic E-state index is 0.00469. The van der Waals surface area contributed by atoms with Crippen molar-refractivity contribution in [2.75, 3.05) is 0 Å². The fourth-order valence-electron chi connectivity index (χ4n) is 9.50. The van der Waals surface area contributed by atoms with Crippen LogP contribution in [0.1, 0.15) is 47.6 Å². The maximum absolute atomic E-state index is 5.39. The Kier molecular flexibility index (Phi) is 6.13. The molecule has 2 atom stereocenters. The summed E-state index contributed by atoms with van der Waals surface area (Å²) in [4.78, 5) is 10.7. The third kappa shape index (κ3) is 4.08. The van der Waals surface area contributed by atoms with Crippen LogP contribution in [0.2, 0.25) is 0 Å². The average Bonchev–Trinajstić information content (AvgIpc) is 3.65. The smallest absolute Gasteiger partial charge is 0.235 e. The van der Waals surface area contributed by atoms with Gasteiger partial charge in [-0.2, -0.15) is 0 Å². The lowest BCUT2D eigenvalue weighted by atomic mass is 9.68. The van der Waals surface area contributed by atoms with Crippen molar-refractivity contribution in [1.29, 1.82) is 0 Å². The molecule has 52 heavy (non-hydrogen) atoms. The molecule has 0 N–H and O–H groups in total. The van der Waals surface area contributed by atoms with Gasteiger partial charge in [-0.3, -0.25) is 4.57 Å². The van der Waals surface area contributed by atoms with Gasteiger partial charge in [0.15, 0.2) is 0 Å². The lowest BCUT2D eigenvalue weighted by Crippen LogP contribution is -2.27. The zero-order valence-corrected chi connectivity index (χ0v) is 29.1. The zero-order valence-electron chi connectivity index (χ0n) is 29.1. The third-order valence-electron chi connectivity index (χ3n) is 11.9. The van der Waals surface area contributed by atoms with Gasteiger partial charge in [0.25, 0.3) is 0 Å². The Morgan fingerprint density at radius 1 is 0.558 bits per heavy atom. The Labute approximate surface area is 302 Å². The standard InChI is InChI=1S/C49H35N3/c1-49(2)40-22-12-10-20-36(40)45-35-19-9-8-18-34(35)39(29-41(45)49)32-24-26-38-44(28-32)52(43-27-25-30-14-6-7-17-33(30)46(38)43)48-50-42-23-13-11-21-37(42)47(51-48)31-15-4-3-5-16-31/h3-29,41,45H,1-2H3. The number of para-hydroxylation sites is 1. The number of nitrogens with zero attached hydrogens (tertiary/aromatic N) is 3. The predicted molar refractivity (Wildman–Crippen MR) is 215 cm³/mol. The molecular formula is C49H35N3. The molecule has 2 aliphatic rings. The summed E-state index contributed by atoms with van der Waals surface area (Å²) in [6.07, 6.45) is 2.58. The molecule has 0 saturated heterocycles. The Balaban J connectivity index is 1.21. The molecule has 11 rings (SSSR count). The number of hydrogen-bond acceptors (Lipinski definition) is 2. The highest BCUT2D eigenvalue weighted by Crippen LogP contribution is 2.58. The van der Waals surface area contributed by atoms with Crippen molar-refractivity contribution in [3.8, 4) is 17.2 Å². The number of aromatic nitrogens is 3. The molecule has 2 aromatic heterocycles. The largest absolute Gasteiger partial charge is 0.278 e. The first kappa shape index (κ1) is 29.4. The molecule has 0 bridgehead atoms. The molecule has 3 nitrogen and oxygen atoms in total. The first-order valence-corrected chi connectivity index (χ1v) is 18.3. The lowest BCUT2D eigenvalue weighted by molar-refractivity contribution is 0.390. The van der Waals surface area contributed by atoms with Crippen LogP contribution in [0.3, 0.4) is 0 Å². The molecule has 0 amide bonds. The van der Waals surface area contributed by atoms with E-state index in [9.17, 15) is 0 Å². The van der Waals surface area contributed by atoms with Crippen LogP contribution in [0.4, 0.5) is 0 Å². The maximum Gasteiger partial charge on any atom is 0.235 e. The minimum atomic E-state index is 0.00469. The zero-order chi connectivity index (χ0) is 34.6. The molecule has 0 spiro atoms. The fraction of sp³-hybridized carbons (Fsp3) is 0.102. The minimum Gasteiger partial charge on any atom is -0.278 e. The molecule has 9 aromatic rings. The summed E-state index contributed by atoms with van der Waals surface area (Å²) in [5, 5.41) is 5.92. The van der Waals surface area contributed by atoms with E-state index in [4.69, 9.17) is 9.97 Å². The van der Waals surface area contributed by atoms with Gasteiger partial charge in [0.05, 0.1) is 22.2 Å². The van der Waals surface area contributed by atoms with Crippen LogP contribution in [-0.2, 0) is 5.41 Å². The van der Waals surface area contributed by atoms with Crippen LogP contribution in [0, 0.1) is 5.92 Å². The predicted octanol–water partition coefficient (Wildman–Crippen LogP) is 12.0. The molecule has 0 saturated carbocycles. The van der Waals surface area contributed by atoms with E-state index in [1.54, 1.807) is 0 Å². The van der Waals surface area contributed by atoms with Crippen molar-refractivity contribution < 1.29 is 0 Å². The van der Waals surface area contributed by atoms with Crippen LogP contribution < -0.4 is 0 Å². The summed E-state index contributed by atoms with van der Waals surface area (Å²) in [7, 11) is 0. The van der Waals surface area contributed by atoms with Crippen molar-refractivity contribution in [2.24, 2.45) is 5.92 Å². The van der Waals surface area contributed by atoms with E-state index in [2.05, 4.69) is 182 Å². The molecule has 2 unspecified atom stereocenters. The van der Waals surface area contributed by atoms with Gasteiger partial charge in [-0.25, -0.2) is 9.97 Å². The average molecular weight is 666 g/mol. The van der Waals surface area contributed by atoms with Crippen LogP contribution >= 0.6 is 0 Å². The Morgan fingerprint density at radius 2 is 1.29 bits per heavy atom. The lowest BCUT2D eigenvalue weighted by Gasteiger charge is -2.35. The molecule has 7 aromatic carbocycles. The van der Waals surface area contributed by atoms with E-state index >= 15 is 0 Å². The van der Waals surface area contributed by atoms with Crippen LogP contribution in [0.15, 0.2) is 164 Å². The van der Waals surface area contributed by atoms with Crippen molar-refractivity contribution in [2.45, 2.75) is 25.2 Å². The van der Waals surface area contributed by atoms with Gasteiger partial charge in [0.1, 0.15) is 0 Å². The summed E-state index contributed by atoms with van der Waals surface area (Å²) in [5.41, 5.74) is 13.3. The van der Waals surface area contributed by atoms with E-state index < -0.39 is 0 Å². The summed E-state index contributed by atoms with van der Waals surface area (Å²) in [6.45, 7) is 4.85. The molecule has 3 heteroatoms. The van der Waals surface area contributed by atoms with Gasteiger partial charge in [0, 0.05) is 27.6 Å². The maximum atomic E-state index is 5.39. The second-order valence-corrected chi connectivity index (χ2v) is 15.0. The van der Waals surface area contributed by atoms with Gasteiger partial charge in [-0.05, 0) is 73.7 Å². The van der Waals surface area contributed by atoms with E-state index in [1.165, 1.54) is 54.9 Å². The van der Waals surface area contributed by atoms with Gasteiger partial charge in [-0.15, -0.1) is 0 Å². The van der Waals surface area contributed by atoms with Crippen LogP contribution in [0.5, 0.6) is 0 Å². The Bertz CT molecular complexity index is 2950.